The van der Waals surface area contributed by atoms with Crippen LogP contribution in [0.15, 0.2) is 30.3 Å². The fourth-order valence-electron chi connectivity index (χ4n) is 2.14. The molecule has 21 heavy (non-hydrogen) atoms. The van der Waals surface area contributed by atoms with Gasteiger partial charge in [-0.1, -0.05) is 30.3 Å². The van der Waals surface area contributed by atoms with Crippen LogP contribution in [0.3, 0.4) is 0 Å². The van der Waals surface area contributed by atoms with Gasteiger partial charge in [-0.15, -0.1) is 0 Å². The topological polar surface area (TPSA) is 49.3 Å². The summed E-state index contributed by atoms with van der Waals surface area (Å²) in [6.45, 7) is -0.00918. The van der Waals surface area contributed by atoms with Crippen molar-refractivity contribution in [2.75, 3.05) is 24.4 Å². The number of hydrogen-bond donors (Lipinski definition) is 3. The number of carbonyl (C=O) groups excluding carboxylic acids is 1. The highest BCUT2D eigenvalue weighted by molar-refractivity contribution is 7.98. The lowest BCUT2D eigenvalue weighted by molar-refractivity contribution is -0.125. The van der Waals surface area contributed by atoms with Crippen molar-refractivity contribution in [1.29, 1.82) is 0 Å². The molecule has 1 rings (SSSR count). The van der Waals surface area contributed by atoms with Gasteiger partial charge in [-0.05, 0) is 36.8 Å². The zero-order valence-electron chi connectivity index (χ0n) is 12.5. The molecule has 0 aliphatic rings. The maximum Gasteiger partial charge on any atom is 0.224 e. The molecule has 0 heterocycles. The van der Waals surface area contributed by atoms with Crippen LogP contribution in [-0.4, -0.2) is 41.4 Å². The number of nitrogens with one attached hydrogen (secondary N) is 1. The number of amides is 1. The smallest absolute Gasteiger partial charge is 0.224 e. The van der Waals surface area contributed by atoms with Gasteiger partial charge in [0.05, 0.1) is 18.6 Å². The third-order valence-electron chi connectivity index (χ3n) is 3.38. The molecular formula is C16H25NO2S2. The largest absolute Gasteiger partial charge is 0.394 e. The van der Waals surface area contributed by atoms with E-state index in [0.717, 1.165) is 24.2 Å². The summed E-state index contributed by atoms with van der Waals surface area (Å²) in [4.78, 5) is 12.3. The third-order valence-corrected chi connectivity index (χ3v) is 4.52. The average Bonchev–Trinajstić information content (AvgIpc) is 2.52. The lowest BCUT2D eigenvalue weighted by atomic mass is 9.99. The van der Waals surface area contributed by atoms with Gasteiger partial charge in [0.1, 0.15) is 0 Å². The fraction of sp³-hybridized carbons (Fsp3) is 0.562. The van der Waals surface area contributed by atoms with Crippen LogP contribution in [0.25, 0.3) is 0 Å². The van der Waals surface area contributed by atoms with Crippen LogP contribution in [0.1, 0.15) is 18.4 Å². The van der Waals surface area contributed by atoms with Gasteiger partial charge in [-0.25, -0.2) is 0 Å². The van der Waals surface area contributed by atoms with E-state index in [1.165, 1.54) is 0 Å². The van der Waals surface area contributed by atoms with Crippen LogP contribution in [0.2, 0.25) is 0 Å². The summed E-state index contributed by atoms with van der Waals surface area (Å²) in [5, 5.41) is 12.3. The molecule has 0 aromatic heterocycles. The first kappa shape index (κ1) is 18.4. The number of aliphatic hydroxyl groups excluding tert-OH is 1. The van der Waals surface area contributed by atoms with Crippen LogP contribution in [-0.2, 0) is 11.2 Å². The molecule has 0 radical (unpaired) electrons. The van der Waals surface area contributed by atoms with Crippen molar-refractivity contribution in [3.8, 4) is 0 Å². The maximum absolute atomic E-state index is 12.3. The minimum atomic E-state index is -0.162. The summed E-state index contributed by atoms with van der Waals surface area (Å²) >= 11 is 6.07. The number of thiol groups is 1. The second-order valence-corrected chi connectivity index (χ2v) is 6.44. The molecule has 1 amide bonds. The van der Waals surface area contributed by atoms with Crippen LogP contribution in [0.4, 0.5) is 0 Å². The lowest BCUT2D eigenvalue weighted by Gasteiger charge is -2.20. The highest BCUT2D eigenvalue weighted by atomic mass is 32.2. The Hall–Kier alpha value is -0.650. The van der Waals surface area contributed by atoms with Gasteiger partial charge in [-0.3, -0.25) is 4.79 Å². The van der Waals surface area contributed by atoms with E-state index in [1.807, 2.05) is 30.3 Å². The molecule has 0 aliphatic carbocycles. The van der Waals surface area contributed by atoms with E-state index in [0.29, 0.717) is 12.2 Å². The van der Waals surface area contributed by atoms with Crippen LogP contribution >= 0.6 is 24.4 Å². The van der Waals surface area contributed by atoms with E-state index in [4.69, 9.17) is 0 Å². The molecule has 1 aromatic rings. The molecule has 0 fully saturated rings. The Kier molecular flexibility index (Phi) is 9.63. The molecule has 1 aromatic carbocycles. The molecule has 0 saturated heterocycles. The molecule has 0 bridgehead atoms. The van der Waals surface area contributed by atoms with Crippen molar-refractivity contribution < 1.29 is 9.90 Å². The van der Waals surface area contributed by atoms with E-state index in [2.05, 4.69) is 24.2 Å². The highest BCUT2D eigenvalue weighted by Crippen LogP contribution is 2.12. The number of carbonyl (C=O) groups is 1. The van der Waals surface area contributed by atoms with Crippen molar-refractivity contribution in [3.63, 3.8) is 0 Å². The monoisotopic (exact) mass is 327 g/mol. The van der Waals surface area contributed by atoms with Crippen LogP contribution in [0, 0.1) is 5.92 Å². The van der Waals surface area contributed by atoms with Crippen molar-refractivity contribution >= 4 is 30.3 Å². The van der Waals surface area contributed by atoms with Gasteiger partial charge in [0.2, 0.25) is 5.91 Å². The highest BCUT2D eigenvalue weighted by Gasteiger charge is 2.20. The summed E-state index contributed by atoms with van der Waals surface area (Å²) in [7, 11) is 0. The van der Waals surface area contributed by atoms with E-state index in [9.17, 15) is 9.90 Å². The Bertz CT molecular complexity index is 401. The molecular weight excluding hydrogens is 302 g/mol. The van der Waals surface area contributed by atoms with Gasteiger partial charge in [-0.2, -0.15) is 24.4 Å². The first-order chi connectivity index (χ1) is 10.2. The molecule has 2 N–H and O–H groups in total. The SMILES string of the molecule is CSCCC[C@@H](CO)NC(=O)[C@H](CS)Cc1ccccc1. The summed E-state index contributed by atoms with van der Waals surface area (Å²) in [6, 6.07) is 9.80. The maximum atomic E-state index is 12.3. The summed E-state index contributed by atoms with van der Waals surface area (Å²) in [5.41, 5.74) is 1.13. The Morgan fingerprint density at radius 1 is 1.38 bits per heavy atom. The van der Waals surface area contributed by atoms with E-state index in [-0.39, 0.29) is 24.5 Å². The second kappa shape index (κ2) is 11.0. The molecule has 0 aliphatic heterocycles. The summed E-state index contributed by atoms with van der Waals surface area (Å²) in [5.74, 6) is 1.37. The van der Waals surface area contributed by atoms with Crippen molar-refractivity contribution in [3.05, 3.63) is 35.9 Å². The van der Waals surface area contributed by atoms with Gasteiger partial charge in [0.15, 0.2) is 0 Å². The van der Waals surface area contributed by atoms with Gasteiger partial charge in [0, 0.05) is 5.75 Å². The molecule has 5 heteroatoms. The van der Waals surface area contributed by atoms with Gasteiger partial charge >= 0.3 is 0 Å². The van der Waals surface area contributed by atoms with Crippen molar-refractivity contribution in [2.24, 2.45) is 5.92 Å². The number of hydrogen-bond acceptors (Lipinski definition) is 4. The first-order valence-corrected chi connectivity index (χ1v) is 9.28. The van der Waals surface area contributed by atoms with E-state index in [1.54, 1.807) is 11.8 Å². The van der Waals surface area contributed by atoms with Crippen LogP contribution in [0.5, 0.6) is 0 Å². The molecule has 0 spiro atoms. The number of thioether (sulfide) groups is 1. The Morgan fingerprint density at radius 3 is 2.67 bits per heavy atom. The van der Waals surface area contributed by atoms with E-state index < -0.39 is 0 Å². The number of benzene rings is 1. The van der Waals surface area contributed by atoms with Gasteiger partial charge in [0.25, 0.3) is 0 Å². The van der Waals surface area contributed by atoms with E-state index >= 15 is 0 Å². The normalized spacial score (nSPS) is 13.7. The average molecular weight is 328 g/mol. The molecule has 118 valence electrons. The molecule has 0 unspecified atom stereocenters. The fourth-order valence-corrected chi connectivity index (χ4v) is 2.89. The van der Waals surface area contributed by atoms with Crippen molar-refractivity contribution in [1.82, 2.24) is 5.32 Å². The Labute approximate surface area is 137 Å². The minimum Gasteiger partial charge on any atom is -0.394 e. The summed E-state index contributed by atoms with van der Waals surface area (Å²) in [6.07, 6.45) is 4.55. The van der Waals surface area contributed by atoms with Crippen LogP contribution < -0.4 is 5.32 Å². The Balaban J connectivity index is 2.49. The molecule has 0 saturated carbocycles. The predicted octanol–water partition coefficient (Wildman–Crippen LogP) is 2.40. The molecule has 2 atom stereocenters. The number of rotatable bonds is 10. The first-order valence-electron chi connectivity index (χ1n) is 7.26. The standard InChI is InChI=1S/C16H25NO2S2/c1-21-9-5-8-15(11-18)17-16(19)14(12-20)10-13-6-3-2-4-7-13/h2-4,6-7,14-15,18,20H,5,8-12H2,1H3,(H,17,19)/t14-,15-/m0/s1. The number of aliphatic hydroxyl groups is 1. The summed E-state index contributed by atoms with van der Waals surface area (Å²) < 4.78 is 0. The predicted molar refractivity (Wildman–Crippen MR) is 94.1 cm³/mol. The quantitative estimate of drug-likeness (QED) is 0.457. The minimum absolute atomic E-state index is 0.00918. The second-order valence-electron chi connectivity index (χ2n) is 5.09. The molecule has 3 nitrogen and oxygen atoms in total. The van der Waals surface area contributed by atoms with Crippen molar-refractivity contribution in [2.45, 2.75) is 25.3 Å². The lowest BCUT2D eigenvalue weighted by Crippen LogP contribution is -2.42. The third kappa shape index (κ3) is 7.25. The zero-order valence-corrected chi connectivity index (χ0v) is 14.2. The Morgan fingerprint density at radius 2 is 2.10 bits per heavy atom. The van der Waals surface area contributed by atoms with Gasteiger partial charge < -0.3 is 10.4 Å². The zero-order chi connectivity index (χ0) is 15.5.